The molecule has 0 bridgehead atoms. The third-order valence-corrected chi connectivity index (χ3v) is 4.24. The predicted molar refractivity (Wildman–Crippen MR) is 110 cm³/mol. The maximum Gasteiger partial charge on any atom is 0.253 e. The van der Waals surface area contributed by atoms with Gasteiger partial charge in [-0.3, -0.25) is 9.79 Å². The molecule has 1 amide bonds. The average molecular weight is 444 g/mol. The number of rotatable bonds is 4. The van der Waals surface area contributed by atoms with E-state index in [2.05, 4.69) is 16.8 Å². The van der Waals surface area contributed by atoms with Crippen LogP contribution in [0.5, 0.6) is 0 Å². The lowest BCUT2D eigenvalue weighted by Crippen LogP contribution is -2.43. The van der Waals surface area contributed by atoms with Crippen molar-refractivity contribution in [2.75, 3.05) is 33.7 Å². The Kier molecular flexibility index (Phi) is 8.52. The molecule has 1 aromatic rings. The number of piperidine rings is 1. The van der Waals surface area contributed by atoms with Gasteiger partial charge < -0.3 is 15.5 Å². The Morgan fingerprint density at radius 2 is 2.17 bits per heavy atom. The maximum absolute atomic E-state index is 12.0. The van der Waals surface area contributed by atoms with Gasteiger partial charge in [-0.15, -0.1) is 24.0 Å². The van der Waals surface area contributed by atoms with E-state index in [-0.39, 0.29) is 29.9 Å². The van der Waals surface area contributed by atoms with Gasteiger partial charge in [0.1, 0.15) is 0 Å². The SMILES string of the molecule is CC1CCCN(C(N)=NCCc2cccc(C(=O)N(C)C)c2)C1.I. The first-order valence-corrected chi connectivity index (χ1v) is 8.33. The summed E-state index contributed by atoms with van der Waals surface area (Å²) in [6, 6.07) is 7.74. The molecule has 0 saturated carbocycles. The molecule has 1 unspecified atom stereocenters. The van der Waals surface area contributed by atoms with E-state index in [1.165, 1.54) is 12.8 Å². The molecule has 24 heavy (non-hydrogen) atoms. The van der Waals surface area contributed by atoms with E-state index in [0.717, 1.165) is 25.1 Å². The minimum absolute atomic E-state index is 0. The van der Waals surface area contributed by atoms with Crippen LogP contribution in [0, 0.1) is 5.92 Å². The van der Waals surface area contributed by atoms with Gasteiger partial charge in [-0.25, -0.2) is 0 Å². The Morgan fingerprint density at radius 1 is 1.42 bits per heavy atom. The normalized spacial score (nSPS) is 18.0. The van der Waals surface area contributed by atoms with Gasteiger partial charge in [0, 0.05) is 39.3 Å². The molecular weight excluding hydrogens is 415 g/mol. The summed E-state index contributed by atoms with van der Waals surface area (Å²) in [5, 5.41) is 0. The fourth-order valence-corrected chi connectivity index (χ4v) is 2.92. The van der Waals surface area contributed by atoms with Gasteiger partial charge in [0.15, 0.2) is 5.96 Å². The summed E-state index contributed by atoms with van der Waals surface area (Å²) < 4.78 is 0. The van der Waals surface area contributed by atoms with Crippen molar-refractivity contribution in [3.63, 3.8) is 0 Å². The molecule has 1 aromatic carbocycles. The number of likely N-dealkylation sites (tertiary alicyclic amines) is 1. The highest BCUT2D eigenvalue weighted by Crippen LogP contribution is 2.15. The number of guanidine groups is 1. The third-order valence-electron chi connectivity index (χ3n) is 4.24. The van der Waals surface area contributed by atoms with Gasteiger partial charge >= 0.3 is 0 Å². The van der Waals surface area contributed by atoms with Crippen LogP contribution in [0.3, 0.4) is 0 Å². The van der Waals surface area contributed by atoms with Crippen molar-refractivity contribution in [3.05, 3.63) is 35.4 Å². The molecule has 0 aromatic heterocycles. The first kappa shape index (κ1) is 20.7. The van der Waals surface area contributed by atoms with E-state index in [9.17, 15) is 4.79 Å². The van der Waals surface area contributed by atoms with E-state index in [4.69, 9.17) is 5.73 Å². The van der Waals surface area contributed by atoms with Gasteiger partial charge in [-0.05, 0) is 42.9 Å². The van der Waals surface area contributed by atoms with Crippen molar-refractivity contribution in [1.29, 1.82) is 0 Å². The fraction of sp³-hybridized carbons (Fsp3) is 0.556. The summed E-state index contributed by atoms with van der Waals surface area (Å²) in [5.74, 6) is 1.36. The van der Waals surface area contributed by atoms with E-state index in [1.54, 1.807) is 19.0 Å². The fourth-order valence-electron chi connectivity index (χ4n) is 2.92. The van der Waals surface area contributed by atoms with Crippen LogP contribution in [-0.2, 0) is 6.42 Å². The summed E-state index contributed by atoms with van der Waals surface area (Å²) in [4.78, 5) is 20.3. The molecule has 0 aliphatic carbocycles. The summed E-state index contributed by atoms with van der Waals surface area (Å²) >= 11 is 0. The zero-order chi connectivity index (χ0) is 16.8. The lowest BCUT2D eigenvalue weighted by molar-refractivity contribution is 0.0827. The molecule has 134 valence electrons. The van der Waals surface area contributed by atoms with Crippen molar-refractivity contribution < 1.29 is 4.79 Å². The van der Waals surface area contributed by atoms with Crippen LogP contribution in [0.4, 0.5) is 0 Å². The number of nitrogens with two attached hydrogens (primary N) is 1. The molecule has 6 heteroatoms. The second-order valence-corrected chi connectivity index (χ2v) is 6.58. The van der Waals surface area contributed by atoms with Crippen molar-refractivity contribution >= 4 is 35.8 Å². The Balaban J connectivity index is 0.00000288. The Bertz CT molecular complexity index is 574. The summed E-state index contributed by atoms with van der Waals surface area (Å²) in [6.45, 7) is 4.91. The van der Waals surface area contributed by atoms with Crippen molar-refractivity contribution in [1.82, 2.24) is 9.80 Å². The molecule has 0 radical (unpaired) electrons. The average Bonchev–Trinajstić information content (AvgIpc) is 2.54. The highest BCUT2D eigenvalue weighted by Gasteiger charge is 2.17. The van der Waals surface area contributed by atoms with Crippen LogP contribution >= 0.6 is 24.0 Å². The summed E-state index contributed by atoms with van der Waals surface area (Å²) in [6.07, 6.45) is 3.25. The number of nitrogens with zero attached hydrogens (tertiary/aromatic N) is 3. The highest BCUT2D eigenvalue weighted by molar-refractivity contribution is 14.0. The lowest BCUT2D eigenvalue weighted by Gasteiger charge is -2.31. The number of benzene rings is 1. The van der Waals surface area contributed by atoms with Crippen molar-refractivity contribution in [2.45, 2.75) is 26.2 Å². The first-order valence-electron chi connectivity index (χ1n) is 8.33. The number of carbonyl (C=O) groups is 1. The molecule has 1 saturated heterocycles. The van der Waals surface area contributed by atoms with Gasteiger partial charge in [0.25, 0.3) is 5.91 Å². The Morgan fingerprint density at radius 3 is 2.83 bits per heavy atom. The molecule has 5 nitrogen and oxygen atoms in total. The minimum Gasteiger partial charge on any atom is -0.370 e. The van der Waals surface area contributed by atoms with Crippen molar-refractivity contribution in [3.8, 4) is 0 Å². The van der Waals surface area contributed by atoms with Crippen LogP contribution in [0.15, 0.2) is 29.3 Å². The Labute approximate surface area is 162 Å². The van der Waals surface area contributed by atoms with E-state index >= 15 is 0 Å². The van der Waals surface area contributed by atoms with E-state index in [1.807, 2.05) is 24.3 Å². The first-order chi connectivity index (χ1) is 11.0. The standard InChI is InChI=1S/C18H28N4O.HI/c1-14-6-5-11-22(13-14)18(19)20-10-9-15-7-4-8-16(12-15)17(23)21(2)3;/h4,7-8,12,14H,5-6,9-11,13H2,1-3H3,(H2,19,20);1H. The molecule has 1 atom stereocenters. The largest absolute Gasteiger partial charge is 0.370 e. The summed E-state index contributed by atoms with van der Waals surface area (Å²) in [7, 11) is 3.53. The van der Waals surface area contributed by atoms with Gasteiger partial charge in [0.05, 0.1) is 0 Å². The number of carbonyl (C=O) groups excluding carboxylic acids is 1. The number of aliphatic imine (C=N–C) groups is 1. The van der Waals surface area contributed by atoms with E-state index < -0.39 is 0 Å². The zero-order valence-corrected chi connectivity index (χ0v) is 17.2. The quantitative estimate of drug-likeness (QED) is 0.441. The number of hydrogen-bond acceptors (Lipinski definition) is 2. The number of halogens is 1. The molecule has 2 rings (SSSR count). The number of amides is 1. The van der Waals surface area contributed by atoms with E-state index in [0.29, 0.717) is 24.0 Å². The minimum atomic E-state index is 0. The van der Waals surface area contributed by atoms with Gasteiger partial charge in [0.2, 0.25) is 0 Å². The second kappa shape index (κ2) is 9.86. The lowest BCUT2D eigenvalue weighted by atomic mass is 10.0. The molecule has 2 N–H and O–H groups in total. The summed E-state index contributed by atoms with van der Waals surface area (Å²) in [5.41, 5.74) is 7.94. The molecule has 0 spiro atoms. The topological polar surface area (TPSA) is 61.9 Å². The monoisotopic (exact) mass is 444 g/mol. The molecule has 1 fully saturated rings. The molecule has 1 aliphatic rings. The molecular formula is C18H29IN4O. The van der Waals surface area contributed by atoms with Crippen molar-refractivity contribution in [2.24, 2.45) is 16.6 Å². The van der Waals surface area contributed by atoms with Crippen LogP contribution in [-0.4, -0.2) is 55.4 Å². The third kappa shape index (κ3) is 5.96. The Hall–Kier alpha value is -1.31. The molecule has 1 aliphatic heterocycles. The predicted octanol–water partition coefficient (Wildman–Crippen LogP) is 2.60. The van der Waals surface area contributed by atoms with Crippen LogP contribution in [0.2, 0.25) is 0 Å². The smallest absolute Gasteiger partial charge is 0.253 e. The zero-order valence-electron chi connectivity index (χ0n) is 14.9. The van der Waals surface area contributed by atoms with Gasteiger partial charge in [-0.2, -0.15) is 0 Å². The van der Waals surface area contributed by atoms with Gasteiger partial charge in [-0.1, -0.05) is 19.1 Å². The van der Waals surface area contributed by atoms with Crippen LogP contribution < -0.4 is 5.73 Å². The van der Waals surface area contributed by atoms with Crippen LogP contribution in [0.25, 0.3) is 0 Å². The highest BCUT2D eigenvalue weighted by atomic mass is 127. The maximum atomic E-state index is 12.0. The van der Waals surface area contributed by atoms with Crippen LogP contribution in [0.1, 0.15) is 35.7 Å². The molecule has 1 heterocycles. The number of hydrogen-bond donors (Lipinski definition) is 1. The second-order valence-electron chi connectivity index (χ2n) is 6.58.